The predicted molar refractivity (Wildman–Crippen MR) is 92.9 cm³/mol. The summed E-state index contributed by atoms with van der Waals surface area (Å²) < 4.78 is 0. The van der Waals surface area contributed by atoms with E-state index in [9.17, 15) is 0 Å². The Hall–Kier alpha value is -0.539. The first-order valence-electron chi connectivity index (χ1n) is 7.20. The predicted octanol–water partition coefficient (Wildman–Crippen LogP) is 5.66. The van der Waals surface area contributed by atoms with E-state index in [2.05, 4.69) is 66.0 Å². The van der Waals surface area contributed by atoms with Crippen molar-refractivity contribution >= 4 is 6.19 Å². The van der Waals surface area contributed by atoms with Crippen LogP contribution >= 0.6 is 0 Å². The van der Waals surface area contributed by atoms with Gasteiger partial charge in [-0.05, 0) is 0 Å². The number of rotatable bonds is 1. The molecule has 0 heterocycles. The second-order valence-electron chi connectivity index (χ2n) is 5.42. The molecule has 0 saturated heterocycles. The van der Waals surface area contributed by atoms with E-state index in [0.717, 1.165) is 5.56 Å². The van der Waals surface area contributed by atoms with Crippen molar-refractivity contribution in [3.05, 3.63) is 69.9 Å². The molecule has 0 unspecified atom stereocenters. The van der Waals surface area contributed by atoms with Gasteiger partial charge in [-0.3, -0.25) is 0 Å². The molecule has 0 atom stereocenters. The van der Waals surface area contributed by atoms with Crippen LogP contribution in [-0.2, 0) is 25.7 Å². The maximum atomic E-state index is 6.94. The van der Waals surface area contributed by atoms with Crippen molar-refractivity contribution in [2.45, 2.75) is 47.3 Å². The minimum atomic E-state index is 0.120. The Labute approximate surface area is 142 Å². The Bertz CT molecular complexity index is 517. The molecule has 1 nitrogen and oxygen atoms in total. The SMILES string of the molecule is C[Si](C)=[Ti+2].Cc1c[c-](C)c(C)c1C.[NH-]Cc1ccccc1. The van der Waals surface area contributed by atoms with Gasteiger partial charge in [-0.1, -0.05) is 63.6 Å². The standard InChI is InChI=1S/C9H13.C7H8N.C2H6Si.Ti/c1-6-5-7(2)9(4)8(6)3;8-6-7-4-2-1-3-5-7;1-3-2;/h5H,1-4H3;1-5,8H,6H2;1-2H3;/q2*-1;;+2. The molecule has 2 rings (SSSR count). The largest absolute Gasteiger partial charge is 0.674 e. The van der Waals surface area contributed by atoms with E-state index in [-0.39, 0.29) is 6.19 Å². The molecule has 0 aliphatic carbocycles. The Morgan fingerprint density at radius 2 is 1.57 bits per heavy atom. The summed E-state index contributed by atoms with van der Waals surface area (Å²) in [6.45, 7) is 13.6. The molecule has 0 saturated carbocycles. The van der Waals surface area contributed by atoms with Crippen molar-refractivity contribution in [1.82, 2.24) is 0 Å². The van der Waals surface area contributed by atoms with Gasteiger partial charge in [0.2, 0.25) is 0 Å². The van der Waals surface area contributed by atoms with Crippen LogP contribution < -0.4 is 0 Å². The molecule has 21 heavy (non-hydrogen) atoms. The van der Waals surface area contributed by atoms with E-state index in [1.165, 1.54) is 22.3 Å². The molecule has 1 N–H and O–H groups in total. The molecular formula is C18H27NSiTi. The number of benzene rings is 1. The third kappa shape index (κ3) is 9.15. The summed E-state index contributed by atoms with van der Waals surface area (Å²) in [6, 6.07) is 12.0. The summed E-state index contributed by atoms with van der Waals surface area (Å²) in [6.07, 6.45) is 0.120. The van der Waals surface area contributed by atoms with Crippen molar-refractivity contribution in [3.8, 4) is 0 Å². The average Bonchev–Trinajstić information content (AvgIpc) is 2.66. The summed E-state index contributed by atoms with van der Waals surface area (Å²) in [7, 11) is 0. The normalized spacial score (nSPS) is 9.19. The van der Waals surface area contributed by atoms with Gasteiger partial charge in [-0.2, -0.15) is 28.3 Å². The fourth-order valence-corrected chi connectivity index (χ4v) is 1.73. The second-order valence-corrected chi connectivity index (χ2v) is 12.1. The quantitative estimate of drug-likeness (QED) is 0.475. The van der Waals surface area contributed by atoms with Gasteiger partial charge in [0.15, 0.2) is 0 Å². The zero-order chi connectivity index (χ0) is 16.4. The zero-order valence-electron chi connectivity index (χ0n) is 14.2. The molecule has 0 aliphatic heterocycles. The van der Waals surface area contributed by atoms with E-state index >= 15 is 0 Å². The van der Waals surface area contributed by atoms with Crippen LogP contribution in [0.3, 0.4) is 0 Å². The van der Waals surface area contributed by atoms with Crippen molar-refractivity contribution in [2.75, 3.05) is 0 Å². The molecule has 0 aliphatic rings. The first-order chi connectivity index (χ1) is 9.79. The Morgan fingerprint density at radius 1 is 1.10 bits per heavy atom. The second kappa shape index (κ2) is 11.1. The van der Waals surface area contributed by atoms with Crippen LogP contribution in [0.1, 0.15) is 27.8 Å². The summed E-state index contributed by atoms with van der Waals surface area (Å²) in [5.41, 5.74) is 13.8. The van der Waals surface area contributed by atoms with Gasteiger partial charge in [0.05, 0.1) is 0 Å². The van der Waals surface area contributed by atoms with Crippen molar-refractivity contribution in [1.29, 1.82) is 0 Å². The zero-order valence-corrected chi connectivity index (χ0v) is 16.7. The molecule has 0 radical (unpaired) electrons. The molecule has 0 aromatic heterocycles. The van der Waals surface area contributed by atoms with Crippen LogP contribution in [0.5, 0.6) is 0 Å². The van der Waals surface area contributed by atoms with Gasteiger partial charge < -0.3 is 5.73 Å². The summed E-state index contributed by atoms with van der Waals surface area (Å²) in [5, 5.41) is 0. The first-order valence-corrected chi connectivity index (χ1v) is 12.0. The van der Waals surface area contributed by atoms with E-state index in [1.54, 1.807) is 0 Å². The molecule has 0 amide bonds. The molecule has 0 spiro atoms. The smallest absolute Gasteiger partial charge is 0.0608 e. The van der Waals surface area contributed by atoms with Gasteiger partial charge in [0.25, 0.3) is 0 Å². The van der Waals surface area contributed by atoms with Gasteiger partial charge in [-0.25, -0.2) is 0 Å². The van der Waals surface area contributed by atoms with Crippen LogP contribution in [0.15, 0.2) is 36.4 Å². The maximum absolute atomic E-state index is 6.94. The van der Waals surface area contributed by atoms with Crippen LogP contribution in [-0.4, -0.2) is 6.19 Å². The fraction of sp³-hybridized carbons (Fsp3) is 0.389. The van der Waals surface area contributed by atoms with Gasteiger partial charge in [0.1, 0.15) is 0 Å². The Kier molecular flexibility index (Phi) is 10.8. The molecule has 0 fully saturated rings. The van der Waals surface area contributed by atoms with Gasteiger partial charge in [-0.15, -0.1) is 6.54 Å². The fourth-order valence-electron chi connectivity index (χ4n) is 1.73. The molecular weight excluding hydrogens is 306 g/mol. The topological polar surface area (TPSA) is 23.8 Å². The minimum Gasteiger partial charge on any atom is -0.674 e. The summed E-state index contributed by atoms with van der Waals surface area (Å²) in [5.74, 6) is 0. The van der Waals surface area contributed by atoms with Crippen molar-refractivity contribution in [2.24, 2.45) is 0 Å². The van der Waals surface area contributed by atoms with E-state index in [4.69, 9.17) is 5.73 Å². The van der Waals surface area contributed by atoms with Gasteiger partial charge >= 0.3 is 38.5 Å². The van der Waals surface area contributed by atoms with Crippen molar-refractivity contribution in [3.63, 3.8) is 0 Å². The van der Waals surface area contributed by atoms with Crippen molar-refractivity contribution < 1.29 is 19.2 Å². The van der Waals surface area contributed by atoms with Crippen LogP contribution in [0.25, 0.3) is 5.73 Å². The molecule has 2 aromatic rings. The monoisotopic (exact) mass is 333 g/mol. The van der Waals surface area contributed by atoms with Crippen LogP contribution in [0.4, 0.5) is 0 Å². The molecule has 112 valence electrons. The number of nitrogens with one attached hydrogen (secondary N) is 1. The third-order valence-electron chi connectivity index (χ3n) is 3.23. The van der Waals surface area contributed by atoms with Crippen LogP contribution in [0.2, 0.25) is 13.1 Å². The number of aryl methyl sites for hydroxylation is 2. The average molecular weight is 333 g/mol. The number of hydrogen-bond donors (Lipinski definition) is 0. The minimum absolute atomic E-state index is 0.120. The number of hydrogen-bond acceptors (Lipinski definition) is 0. The van der Waals surface area contributed by atoms with E-state index in [1.807, 2.05) is 30.3 Å². The molecule has 2 aromatic carbocycles. The molecule has 3 heteroatoms. The summed E-state index contributed by atoms with van der Waals surface area (Å²) >= 11 is 2.27. The van der Waals surface area contributed by atoms with Gasteiger partial charge in [0, 0.05) is 0 Å². The van der Waals surface area contributed by atoms with E-state index < -0.39 is 0 Å². The maximum Gasteiger partial charge on any atom is -0.0608 e. The van der Waals surface area contributed by atoms with Crippen LogP contribution in [0, 0.1) is 27.7 Å². The Balaban J connectivity index is 0.000000308. The summed E-state index contributed by atoms with van der Waals surface area (Å²) in [4.78, 5) is 0. The third-order valence-corrected chi connectivity index (χ3v) is 3.23. The molecule has 0 bridgehead atoms. The Morgan fingerprint density at radius 3 is 1.76 bits per heavy atom. The first kappa shape index (κ1) is 20.5. The van der Waals surface area contributed by atoms with E-state index in [0.29, 0.717) is 6.54 Å².